The van der Waals surface area contributed by atoms with Crippen molar-refractivity contribution in [2.24, 2.45) is 5.92 Å². The molecule has 1 fully saturated rings. The van der Waals surface area contributed by atoms with Crippen molar-refractivity contribution < 1.29 is 9.90 Å². The number of nitrogen functional groups attached to an aromatic ring is 1. The lowest BCUT2D eigenvalue weighted by Gasteiger charge is -2.29. The predicted octanol–water partition coefficient (Wildman–Crippen LogP) is 1.83. The van der Waals surface area contributed by atoms with Crippen molar-refractivity contribution in [1.29, 1.82) is 0 Å². The number of amides is 1. The van der Waals surface area contributed by atoms with Gasteiger partial charge < -0.3 is 21.1 Å². The molecule has 1 aromatic rings. The van der Waals surface area contributed by atoms with Crippen LogP contribution in [0.3, 0.4) is 0 Å². The predicted molar refractivity (Wildman–Crippen MR) is 84.3 cm³/mol. The molecule has 1 saturated heterocycles. The number of hydrogen-bond donors (Lipinski definition) is 3. The van der Waals surface area contributed by atoms with E-state index in [1.54, 1.807) is 12.1 Å². The second-order valence-electron chi connectivity index (χ2n) is 5.95. The van der Waals surface area contributed by atoms with Gasteiger partial charge in [-0.1, -0.05) is 13.3 Å². The fourth-order valence-electron chi connectivity index (χ4n) is 2.70. The minimum Gasteiger partial charge on any atom is -0.506 e. The van der Waals surface area contributed by atoms with Crippen LogP contribution in [0.5, 0.6) is 5.75 Å². The Balaban J connectivity index is 1.78. The van der Waals surface area contributed by atoms with Gasteiger partial charge >= 0.3 is 0 Å². The van der Waals surface area contributed by atoms with Crippen LogP contribution in [-0.2, 0) is 0 Å². The topological polar surface area (TPSA) is 78.6 Å². The summed E-state index contributed by atoms with van der Waals surface area (Å²) in [5.41, 5.74) is 6.25. The van der Waals surface area contributed by atoms with E-state index in [4.69, 9.17) is 5.73 Å². The zero-order valence-electron chi connectivity index (χ0n) is 12.6. The molecule has 0 radical (unpaired) electrons. The summed E-state index contributed by atoms with van der Waals surface area (Å²) in [6.07, 6.45) is 3.90. The quantitative estimate of drug-likeness (QED) is 0.571. The first-order valence-corrected chi connectivity index (χ1v) is 7.65. The summed E-state index contributed by atoms with van der Waals surface area (Å²) >= 11 is 0. The third-order valence-corrected chi connectivity index (χ3v) is 3.92. The molecule has 116 valence electrons. The molecule has 1 atom stereocenters. The van der Waals surface area contributed by atoms with Crippen LogP contribution in [0.25, 0.3) is 0 Å². The summed E-state index contributed by atoms with van der Waals surface area (Å²) in [4.78, 5) is 14.5. The molecule has 1 amide bonds. The van der Waals surface area contributed by atoms with Crippen LogP contribution in [0.4, 0.5) is 5.69 Å². The van der Waals surface area contributed by atoms with Gasteiger partial charge in [-0.05, 0) is 50.0 Å². The number of piperidine rings is 1. The van der Waals surface area contributed by atoms with E-state index in [2.05, 4.69) is 17.1 Å². The zero-order valence-corrected chi connectivity index (χ0v) is 12.6. The van der Waals surface area contributed by atoms with Crippen LogP contribution in [0.15, 0.2) is 18.2 Å². The number of hydrogen-bond acceptors (Lipinski definition) is 4. The SMILES string of the molecule is CC(CNC(=O)c1ccc(N)c(O)c1)CN1CCCCC1. The van der Waals surface area contributed by atoms with Crippen LogP contribution < -0.4 is 11.1 Å². The van der Waals surface area contributed by atoms with Gasteiger partial charge in [0.05, 0.1) is 5.69 Å². The highest BCUT2D eigenvalue weighted by Crippen LogP contribution is 2.20. The molecule has 1 heterocycles. The van der Waals surface area contributed by atoms with Crippen LogP contribution in [0.2, 0.25) is 0 Å². The number of aromatic hydroxyl groups is 1. The first-order chi connectivity index (χ1) is 10.1. The summed E-state index contributed by atoms with van der Waals surface area (Å²) < 4.78 is 0. The van der Waals surface area contributed by atoms with Gasteiger partial charge in [0.1, 0.15) is 5.75 Å². The number of nitrogens with two attached hydrogens (primary N) is 1. The monoisotopic (exact) mass is 291 g/mol. The fraction of sp³-hybridized carbons (Fsp3) is 0.562. The van der Waals surface area contributed by atoms with Crippen molar-refractivity contribution in [3.05, 3.63) is 23.8 Å². The second-order valence-corrected chi connectivity index (χ2v) is 5.95. The summed E-state index contributed by atoms with van der Waals surface area (Å²) in [5.74, 6) is 0.189. The summed E-state index contributed by atoms with van der Waals surface area (Å²) in [7, 11) is 0. The van der Waals surface area contributed by atoms with E-state index >= 15 is 0 Å². The molecule has 0 spiro atoms. The Morgan fingerprint density at radius 1 is 1.38 bits per heavy atom. The Labute approximate surface area is 126 Å². The highest BCUT2D eigenvalue weighted by molar-refractivity contribution is 5.95. The summed E-state index contributed by atoms with van der Waals surface area (Å²) in [5, 5.41) is 12.4. The van der Waals surface area contributed by atoms with Crippen molar-refractivity contribution in [2.75, 3.05) is 31.9 Å². The van der Waals surface area contributed by atoms with E-state index in [1.165, 1.54) is 38.4 Å². The molecule has 0 aromatic heterocycles. The number of benzene rings is 1. The average Bonchev–Trinajstić information content (AvgIpc) is 2.48. The molecule has 4 N–H and O–H groups in total. The molecule has 1 aromatic carbocycles. The van der Waals surface area contributed by atoms with E-state index < -0.39 is 0 Å². The summed E-state index contributed by atoms with van der Waals surface area (Å²) in [6, 6.07) is 4.57. The molecule has 0 saturated carbocycles. The smallest absolute Gasteiger partial charge is 0.251 e. The molecule has 5 heteroatoms. The van der Waals surface area contributed by atoms with Crippen molar-refractivity contribution in [3.63, 3.8) is 0 Å². The third kappa shape index (κ3) is 4.63. The zero-order chi connectivity index (χ0) is 15.2. The highest BCUT2D eigenvalue weighted by atomic mass is 16.3. The van der Waals surface area contributed by atoms with Gasteiger partial charge in [0.2, 0.25) is 0 Å². The maximum absolute atomic E-state index is 12.0. The highest BCUT2D eigenvalue weighted by Gasteiger charge is 2.14. The van der Waals surface area contributed by atoms with E-state index in [0.29, 0.717) is 18.0 Å². The number of anilines is 1. The Bertz CT molecular complexity index is 484. The van der Waals surface area contributed by atoms with Crippen molar-refractivity contribution in [3.8, 4) is 5.75 Å². The van der Waals surface area contributed by atoms with Gasteiger partial charge in [0, 0.05) is 18.7 Å². The number of nitrogens with one attached hydrogen (secondary N) is 1. The van der Waals surface area contributed by atoms with Crippen molar-refractivity contribution in [2.45, 2.75) is 26.2 Å². The van der Waals surface area contributed by atoms with Gasteiger partial charge in [-0.2, -0.15) is 0 Å². The van der Waals surface area contributed by atoms with Crippen LogP contribution in [0.1, 0.15) is 36.5 Å². The molecular formula is C16H25N3O2. The minimum atomic E-state index is -0.171. The fourth-order valence-corrected chi connectivity index (χ4v) is 2.70. The Hall–Kier alpha value is -1.75. The van der Waals surface area contributed by atoms with Gasteiger partial charge in [0.15, 0.2) is 0 Å². The number of phenolic OH excluding ortho intramolecular Hbond substituents is 1. The largest absolute Gasteiger partial charge is 0.506 e. The Morgan fingerprint density at radius 2 is 2.10 bits per heavy atom. The maximum atomic E-state index is 12.0. The molecule has 0 bridgehead atoms. The maximum Gasteiger partial charge on any atom is 0.251 e. The normalized spacial score (nSPS) is 17.4. The molecule has 0 aliphatic carbocycles. The van der Waals surface area contributed by atoms with Gasteiger partial charge in [-0.15, -0.1) is 0 Å². The first kappa shape index (κ1) is 15.6. The lowest BCUT2D eigenvalue weighted by Crippen LogP contribution is -2.38. The Kier molecular flexibility index (Phi) is 5.44. The molecular weight excluding hydrogens is 266 g/mol. The number of rotatable bonds is 5. The Morgan fingerprint density at radius 3 is 2.76 bits per heavy atom. The van der Waals surface area contributed by atoms with E-state index in [1.807, 2.05) is 0 Å². The van der Waals surface area contributed by atoms with E-state index in [-0.39, 0.29) is 17.3 Å². The van der Waals surface area contributed by atoms with Gasteiger partial charge in [0.25, 0.3) is 5.91 Å². The van der Waals surface area contributed by atoms with E-state index in [0.717, 1.165) is 6.54 Å². The molecule has 1 unspecified atom stereocenters. The lowest BCUT2D eigenvalue weighted by atomic mass is 10.1. The standard InChI is InChI=1S/C16H25N3O2/c1-12(11-19-7-3-2-4-8-19)10-18-16(21)13-5-6-14(17)15(20)9-13/h5-6,9,12,20H,2-4,7-8,10-11,17H2,1H3,(H,18,21). The molecule has 5 nitrogen and oxygen atoms in total. The minimum absolute atomic E-state index is 0.0518. The van der Waals surface area contributed by atoms with Crippen molar-refractivity contribution >= 4 is 11.6 Å². The van der Waals surface area contributed by atoms with Crippen LogP contribution in [0, 0.1) is 5.92 Å². The first-order valence-electron chi connectivity index (χ1n) is 7.65. The lowest BCUT2D eigenvalue weighted by molar-refractivity contribution is 0.0942. The second kappa shape index (κ2) is 7.31. The molecule has 1 aliphatic rings. The molecule has 1 aliphatic heterocycles. The average molecular weight is 291 g/mol. The molecule has 21 heavy (non-hydrogen) atoms. The number of likely N-dealkylation sites (tertiary alicyclic amines) is 1. The number of carbonyl (C=O) groups excluding carboxylic acids is 1. The third-order valence-electron chi connectivity index (χ3n) is 3.92. The van der Waals surface area contributed by atoms with Crippen molar-refractivity contribution in [1.82, 2.24) is 10.2 Å². The van der Waals surface area contributed by atoms with Crippen LogP contribution in [-0.4, -0.2) is 42.1 Å². The van der Waals surface area contributed by atoms with Crippen LogP contribution >= 0.6 is 0 Å². The van der Waals surface area contributed by atoms with E-state index in [9.17, 15) is 9.90 Å². The van der Waals surface area contributed by atoms with Gasteiger partial charge in [-0.3, -0.25) is 4.79 Å². The number of nitrogens with zero attached hydrogens (tertiary/aromatic N) is 1. The van der Waals surface area contributed by atoms with Gasteiger partial charge in [-0.25, -0.2) is 0 Å². The number of phenols is 1. The number of carbonyl (C=O) groups is 1. The summed E-state index contributed by atoms with van der Waals surface area (Å²) in [6.45, 7) is 6.15. The molecule has 2 rings (SSSR count).